The average molecular weight is 592 g/mol. The van der Waals surface area contributed by atoms with Crippen molar-refractivity contribution in [1.82, 2.24) is 4.90 Å². The molecule has 2 aliphatic rings. The van der Waals surface area contributed by atoms with E-state index in [0.717, 1.165) is 5.56 Å². The molecule has 1 aliphatic carbocycles. The van der Waals surface area contributed by atoms with Crippen LogP contribution in [0.25, 0.3) is 0 Å². The molecule has 0 aromatic heterocycles. The van der Waals surface area contributed by atoms with Gasteiger partial charge < -0.3 is 9.47 Å². The standard InChI is InChI=1S/C30H33BrF3NO3/c1-4-37-27(36)30(33,34)29(23-10-12-24(31)13-11-23)26-15-14-25(38-19-21-8-6-5-7-9-21)18-22(26)16-17-35(29)20-28(2,3)32/h5-12,14-15,18,24H,4,13,16-17,19-20H2,1-3H3. The van der Waals surface area contributed by atoms with Crippen molar-refractivity contribution >= 4 is 21.9 Å². The molecule has 2 aromatic rings. The highest BCUT2D eigenvalue weighted by molar-refractivity contribution is 9.09. The van der Waals surface area contributed by atoms with Crippen LogP contribution in [-0.4, -0.2) is 47.0 Å². The van der Waals surface area contributed by atoms with E-state index in [4.69, 9.17) is 9.47 Å². The fraction of sp³-hybridized carbons (Fsp3) is 0.433. The number of allylic oxidation sites excluding steroid dienone is 2. The number of carbonyl (C=O) groups is 1. The minimum absolute atomic E-state index is 0.0256. The van der Waals surface area contributed by atoms with Crippen molar-refractivity contribution in [3.05, 3.63) is 89.0 Å². The van der Waals surface area contributed by atoms with Crippen molar-refractivity contribution in [3.8, 4) is 5.75 Å². The lowest BCUT2D eigenvalue weighted by Gasteiger charge is -2.53. The minimum atomic E-state index is -4.01. The summed E-state index contributed by atoms with van der Waals surface area (Å²) in [5.41, 5.74) is -1.94. The Morgan fingerprint density at radius 2 is 1.89 bits per heavy atom. The summed E-state index contributed by atoms with van der Waals surface area (Å²) in [6.45, 7) is 4.16. The van der Waals surface area contributed by atoms with Gasteiger partial charge in [0.1, 0.15) is 23.6 Å². The number of rotatable bonds is 9. The zero-order chi connectivity index (χ0) is 27.6. The van der Waals surface area contributed by atoms with Gasteiger partial charge in [-0.2, -0.15) is 8.78 Å². The van der Waals surface area contributed by atoms with Crippen LogP contribution in [0.5, 0.6) is 5.75 Å². The Morgan fingerprint density at radius 1 is 1.16 bits per heavy atom. The van der Waals surface area contributed by atoms with Gasteiger partial charge in [0, 0.05) is 17.9 Å². The highest BCUT2D eigenvalue weighted by atomic mass is 79.9. The first kappa shape index (κ1) is 28.4. The number of carbonyl (C=O) groups excluding carboxylic acids is 1. The van der Waals surface area contributed by atoms with Crippen molar-refractivity contribution < 1.29 is 27.4 Å². The molecule has 0 bridgehead atoms. The van der Waals surface area contributed by atoms with Gasteiger partial charge in [-0.3, -0.25) is 4.90 Å². The van der Waals surface area contributed by atoms with E-state index in [0.29, 0.717) is 30.8 Å². The predicted molar refractivity (Wildman–Crippen MR) is 145 cm³/mol. The lowest BCUT2D eigenvalue weighted by Crippen LogP contribution is -2.66. The van der Waals surface area contributed by atoms with E-state index in [1.807, 2.05) is 30.3 Å². The zero-order valence-electron chi connectivity index (χ0n) is 21.9. The topological polar surface area (TPSA) is 38.8 Å². The summed E-state index contributed by atoms with van der Waals surface area (Å²) in [5.74, 6) is -5.10. The lowest BCUT2D eigenvalue weighted by atomic mass is 9.69. The molecule has 8 heteroatoms. The van der Waals surface area contributed by atoms with Crippen molar-refractivity contribution in [3.63, 3.8) is 0 Å². The summed E-state index contributed by atoms with van der Waals surface area (Å²) < 4.78 is 59.3. The molecule has 38 heavy (non-hydrogen) atoms. The average Bonchev–Trinajstić information content (AvgIpc) is 2.88. The van der Waals surface area contributed by atoms with Crippen molar-refractivity contribution in [2.45, 2.75) is 62.2 Å². The molecule has 0 saturated carbocycles. The van der Waals surface area contributed by atoms with Crippen LogP contribution in [0.15, 0.2) is 72.3 Å². The summed E-state index contributed by atoms with van der Waals surface area (Å²) >= 11 is 3.50. The molecular weight excluding hydrogens is 559 g/mol. The van der Waals surface area contributed by atoms with Crippen LogP contribution in [0.1, 0.15) is 43.9 Å². The lowest BCUT2D eigenvalue weighted by molar-refractivity contribution is -0.198. The van der Waals surface area contributed by atoms with E-state index in [9.17, 15) is 4.79 Å². The smallest absolute Gasteiger partial charge is 0.379 e. The number of nitrogens with zero attached hydrogens (tertiary/aromatic N) is 1. The van der Waals surface area contributed by atoms with Crippen LogP contribution in [0.3, 0.4) is 0 Å². The second-order valence-electron chi connectivity index (χ2n) is 10.3. The van der Waals surface area contributed by atoms with Gasteiger partial charge in [0.2, 0.25) is 0 Å². The molecular formula is C30H33BrF3NO3. The molecule has 0 radical (unpaired) electrons. The third-order valence-corrected chi connectivity index (χ3v) is 7.54. The Morgan fingerprint density at radius 3 is 2.53 bits per heavy atom. The SMILES string of the molecule is CCOC(=O)C(F)(F)C1(C2=CCC(Br)C=C2)c2ccc(OCc3ccccc3)cc2CCN1CC(C)(C)F. The molecule has 2 aromatic carbocycles. The molecule has 1 heterocycles. The molecule has 1 aliphatic heterocycles. The molecule has 2 unspecified atom stereocenters. The van der Waals surface area contributed by atoms with Crippen LogP contribution < -0.4 is 4.74 Å². The van der Waals surface area contributed by atoms with Crippen LogP contribution in [0.2, 0.25) is 0 Å². The van der Waals surface area contributed by atoms with Crippen LogP contribution in [0.4, 0.5) is 13.2 Å². The maximum Gasteiger partial charge on any atom is 0.379 e. The Bertz CT molecular complexity index is 1210. The van der Waals surface area contributed by atoms with Gasteiger partial charge in [-0.1, -0.05) is 70.6 Å². The van der Waals surface area contributed by atoms with Crippen LogP contribution in [-0.2, 0) is 28.1 Å². The van der Waals surface area contributed by atoms with E-state index >= 15 is 13.2 Å². The number of alkyl halides is 4. The highest BCUT2D eigenvalue weighted by Gasteiger charge is 2.67. The first-order valence-corrected chi connectivity index (χ1v) is 13.7. The normalized spacial score (nSPS) is 22.0. The maximum absolute atomic E-state index is 16.6. The van der Waals surface area contributed by atoms with Gasteiger partial charge in [-0.25, -0.2) is 9.18 Å². The number of hydrogen-bond donors (Lipinski definition) is 0. The van der Waals surface area contributed by atoms with Gasteiger partial charge in [0.15, 0.2) is 0 Å². The van der Waals surface area contributed by atoms with Crippen molar-refractivity contribution in [2.75, 3.05) is 19.7 Å². The van der Waals surface area contributed by atoms with Crippen LogP contribution in [0, 0.1) is 0 Å². The molecule has 0 saturated heterocycles. The second-order valence-corrected chi connectivity index (χ2v) is 11.4. The molecule has 0 fully saturated rings. The fourth-order valence-electron chi connectivity index (χ4n) is 5.32. The number of ether oxygens (including phenoxy) is 2. The third-order valence-electron chi connectivity index (χ3n) is 6.86. The Labute approximate surface area is 230 Å². The quantitative estimate of drug-likeness (QED) is 0.234. The van der Waals surface area contributed by atoms with E-state index in [-0.39, 0.29) is 35.7 Å². The first-order valence-electron chi connectivity index (χ1n) is 12.8. The predicted octanol–water partition coefficient (Wildman–Crippen LogP) is 6.92. The van der Waals surface area contributed by atoms with Gasteiger partial charge in [-0.15, -0.1) is 0 Å². The molecule has 0 N–H and O–H groups in total. The van der Waals surface area contributed by atoms with E-state index in [1.54, 1.807) is 36.4 Å². The number of halogens is 4. The van der Waals surface area contributed by atoms with Gasteiger partial charge in [0.25, 0.3) is 0 Å². The first-order chi connectivity index (χ1) is 18.0. The van der Waals surface area contributed by atoms with E-state index in [2.05, 4.69) is 15.9 Å². The summed E-state index contributed by atoms with van der Waals surface area (Å²) in [6, 6.07) is 14.6. The third kappa shape index (κ3) is 5.57. The van der Waals surface area contributed by atoms with Crippen molar-refractivity contribution in [1.29, 1.82) is 0 Å². The molecule has 0 spiro atoms. The second kappa shape index (κ2) is 11.3. The Kier molecular flexibility index (Phi) is 8.43. The summed E-state index contributed by atoms with van der Waals surface area (Å²) in [6.07, 6.45) is 5.95. The Hall–Kier alpha value is -2.58. The maximum atomic E-state index is 16.6. The monoisotopic (exact) mass is 591 g/mol. The minimum Gasteiger partial charge on any atom is -0.489 e. The molecule has 204 valence electrons. The van der Waals surface area contributed by atoms with Gasteiger partial charge in [0.05, 0.1) is 6.61 Å². The molecule has 2 atom stereocenters. The van der Waals surface area contributed by atoms with E-state index < -0.39 is 23.1 Å². The van der Waals surface area contributed by atoms with Crippen LogP contribution >= 0.6 is 15.9 Å². The number of esters is 1. The summed E-state index contributed by atoms with van der Waals surface area (Å²) in [5, 5.41) is 0. The molecule has 4 nitrogen and oxygen atoms in total. The molecule has 4 rings (SSSR count). The molecule has 0 amide bonds. The largest absolute Gasteiger partial charge is 0.489 e. The summed E-state index contributed by atoms with van der Waals surface area (Å²) in [4.78, 5) is 14.3. The fourth-order valence-corrected chi connectivity index (χ4v) is 5.66. The number of hydrogen-bond acceptors (Lipinski definition) is 4. The van der Waals surface area contributed by atoms with Gasteiger partial charge in [-0.05, 0) is 68.0 Å². The number of benzene rings is 2. The summed E-state index contributed by atoms with van der Waals surface area (Å²) in [7, 11) is 0. The number of fused-ring (bicyclic) bond motifs is 1. The van der Waals surface area contributed by atoms with Gasteiger partial charge >= 0.3 is 11.9 Å². The Balaban J connectivity index is 1.87. The van der Waals surface area contributed by atoms with Crippen molar-refractivity contribution in [2.24, 2.45) is 0 Å². The van der Waals surface area contributed by atoms with E-state index in [1.165, 1.54) is 25.7 Å². The highest BCUT2D eigenvalue weighted by Crippen LogP contribution is 2.54. The zero-order valence-corrected chi connectivity index (χ0v) is 23.4.